The standard InChI is InChI=1S/C20H23FN4O2/c21-16-6-4-8-18(14-16)24-20(27)23-17-7-3-5-15(13-17)19(26)22-9-12-25-10-1-2-11-25/h3-8,13-14H,1-2,9-12H2,(H,22,26)(H2,23,24,27). The number of likely N-dealkylation sites (tertiary alicyclic amines) is 1. The highest BCUT2D eigenvalue weighted by Gasteiger charge is 2.12. The van der Waals surface area contributed by atoms with Crippen LogP contribution < -0.4 is 16.0 Å². The second-order valence-electron chi connectivity index (χ2n) is 6.47. The first-order chi connectivity index (χ1) is 13.1. The zero-order valence-electron chi connectivity index (χ0n) is 15.0. The van der Waals surface area contributed by atoms with Gasteiger partial charge >= 0.3 is 6.03 Å². The minimum Gasteiger partial charge on any atom is -0.351 e. The molecular weight excluding hydrogens is 347 g/mol. The molecule has 1 heterocycles. The highest BCUT2D eigenvalue weighted by Crippen LogP contribution is 2.13. The lowest BCUT2D eigenvalue weighted by molar-refractivity contribution is 0.0949. The van der Waals surface area contributed by atoms with Crippen LogP contribution in [0.1, 0.15) is 23.2 Å². The van der Waals surface area contributed by atoms with Gasteiger partial charge in [0.05, 0.1) is 0 Å². The van der Waals surface area contributed by atoms with Crippen LogP contribution in [0, 0.1) is 5.82 Å². The van der Waals surface area contributed by atoms with Gasteiger partial charge in [0, 0.05) is 30.0 Å². The zero-order valence-corrected chi connectivity index (χ0v) is 15.0. The van der Waals surface area contributed by atoms with Gasteiger partial charge in [-0.3, -0.25) is 4.79 Å². The second kappa shape index (κ2) is 9.14. The van der Waals surface area contributed by atoms with Crippen molar-refractivity contribution in [1.82, 2.24) is 10.2 Å². The molecule has 1 aliphatic rings. The lowest BCUT2D eigenvalue weighted by atomic mass is 10.2. The van der Waals surface area contributed by atoms with Crippen molar-refractivity contribution in [1.29, 1.82) is 0 Å². The molecule has 1 fully saturated rings. The van der Waals surface area contributed by atoms with E-state index in [2.05, 4.69) is 20.9 Å². The third-order valence-corrected chi connectivity index (χ3v) is 4.38. The first kappa shape index (κ1) is 18.8. The molecule has 142 valence electrons. The summed E-state index contributed by atoms with van der Waals surface area (Å²) >= 11 is 0. The Kier molecular flexibility index (Phi) is 6.38. The maximum absolute atomic E-state index is 13.2. The van der Waals surface area contributed by atoms with Gasteiger partial charge in [-0.1, -0.05) is 12.1 Å². The molecule has 1 saturated heterocycles. The van der Waals surface area contributed by atoms with Gasteiger partial charge in [-0.05, 0) is 62.3 Å². The number of nitrogens with zero attached hydrogens (tertiary/aromatic N) is 1. The Morgan fingerprint density at radius 1 is 0.963 bits per heavy atom. The number of hydrogen-bond donors (Lipinski definition) is 3. The number of urea groups is 1. The second-order valence-corrected chi connectivity index (χ2v) is 6.47. The number of halogens is 1. The molecule has 1 aliphatic heterocycles. The Morgan fingerprint density at radius 2 is 1.63 bits per heavy atom. The van der Waals surface area contributed by atoms with Crippen molar-refractivity contribution in [3.63, 3.8) is 0 Å². The number of carbonyl (C=O) groups excluding carboxylic acids is 2. The fourth-order valence-electron chi connectivity index (χ4n) is 3.03. The van der Waals surface area contributed by atoms with E-state index in [9.17, 15) is 14.0 Å². The van der Waals surface area contributed by atoms with Gasteiger partial charge in [-0.25, -0.2) is 9.18 Å². The fourth-order valence-corrected chi connectivity index (χ4v) is 3.03. The van der Waals surface area contributed by atoms with Gasteiger partial charge < -0.3 is 20.9 Å². The van der Waals surface area contributed by atoms with Gasteiger partial charge in [0.15, 0.2) is 0 Å². The Labute approximate surface area is 157 Å². The van der Waals surface area contributed by atoms with Gasteiger partial charge in [0.25, 0.3) is 5.91 Å². The molecule has 3 N–H and O–H groups in total. The molecule has 3 amide bonds. The molecule has 0 radical (unpaired) electrons. The van der Waals surface area contributed by atoms with E-state index in [4.69, 9.17) is 0 Å². The molecule has 0 spiro atoms. The van der Waals surface area contributed by atoms with E-state index < -0.39 is 11.8 Å². The largest absolute Gasteiger partial charge is 0.351 e. The summed E-state index contributed by atoms with van der Waals surface area (Å²) in [5.74, 6) is -0.608. The van der Waals surface area contributed by atoms with Gasteiger partial charge in [-0.15, -0.1) is 0 Å². The predicted octanol–water partition coefficient (Wildman–Crippen LogP) is 3.30. The summed E-state index contributed by atoms with van der Waals surface area (Å²) in [5, 5.41) is 8.10. The molecular formula is C20H23FN4O2. The zero-order chi connectivity index (χ0) is 19.1. The van der Waals surface area contributed by atoms with Crippen LogP contribution in [0.25, 0.3) is 0 Å². The molecule has 0 saturated carbocycles. The summed E-state index contributed by atoms with van der Waals surface area (Å²) < 4.78 is 13.2. The molecule has 3 rings (SSSR count). The Hall–Kier alpha value is -2.93. The molecule has 0 atom stereocenters. The first-order valence-electron chi connectivity index (χ1n) is 9.04. The van der Waals surface area contributed by atoms with Crippen LogP contribution >= 0.6 is 0 Å². The molecule has 27 heavy (non-hydrogen) atoms. The number of carbonyl (C=O) groups is 2. The van der Waals surface area contributed by atoms with E-state index in [1.165, 1.54) is 31.0 Å². The van der Waals surface area contributed by atoms with Gasteiger partial charge in [0.2, 0.25) is 0 Å². The highest BCUT2D eigenvalue weighted by atomic mass is 19.1. The third-order valence-electron chi connectivity index (χ3n) is 4.38. The molecule has 0 aromatic heterocycles. The summed E-state index contributed by atoms with van der Waals surface area (Å²) in [6, 6.07) is 11.8. The number of amides is 3. The summed E-state index contributed by atoms with van der Waals surface area (Å²) in [7, 11) is 0. The summed E-state index contributed by atoms with van der Waals surface area (Å²) in [6.45, 7) is 3.63. The van der Waals surface area contributed by atoms with Crippen LogP contribution in [0.15, 0.2) is 48.5 Å². The van der Waals surface area contributed by atoms with Crippen molar-refractivity contribution in [2.45, 2.75) is 12.8 Å². The molecule has 7 heteroatoms. The van der Waals surface area contributed by atoms with E-state index in [0.29, 0.717) is 23.5 Å². The highest BCUT2D eigenvalue weighted by molar-refractivity contribution is 6.01. The van der Waals surface area contributed by atoms with Crippen molar-refractivity contribution in [3.8, 4) is 0 Å². The van der Waals surface area contributed by atoms with Gasteiger partial charge in [-0.2, -0.15) is 0 Å². The molecule has 0 bridgehead atoms. The predicted molar refractivity (Wildman–Crippen MR) is 103 cm³/mol. The molecule has 6 nitrogen and oxygen atoms in total. The topological polar surface area (TPSA) is 73.5 Å². The third kappa shape index (κ3) is 5.79. The average Bonchev–Trinajstić information content (AvgIpc) is 3.15. The molecule has 2 aromatic rings. The Bertz CT molecular complexity index is 806. The van der Waals surface area contributed by atoms with Crippen LogP contribution in [-0.4, -0.2) is 43.0 Å². The van der Waals surface area contributed by atoms with Gasteiger partial charge in [0.1, 0.15) is 5.82 Å². The minimum absolute atomic E-state index is 0.177. The average molecular weight is 370 g/mol. The number of benzene rings is 2. The smallest absolute Gasteiger partial charge is 0.323 e. The number of anilines is 2. The van der Waals surface area contributed by atoms with E-state index in [0.717, 1.165) is 19.6 Å². The van der Waals surface area contributed by atoms with Crippen LogP contribution in [0.2, 0.25) is 0 Å². The van der Waals surface area contributed by atoms with E-state index in [-0.39, 0.29) is 5.91 Å². The number of rotatable bonds is 6. The molecule has 2 aromatic carbocycles. The SMILES string of the molecule is O=C(Nc1cccc(F)c1)Nc1cccc(C(=O)NCCN2CCCC2)c1. The maximum atomic E-state index is 13.2. The molecule has 0 unspecified atom stereocenters. The summed E-state index contributed by atoms with van der Waals surface area (Å²) in [4.78, 5) is 26.7. The summed E-state index contributed by atoms with van der Waals surface area (Å²) in [5.41, 5.74) is 1.30. The van der Waals surface area contributed by atoms with Crippen LogP contribution in [0.5, 0.6) is 0 Å². The number of nitrogens with one attached hydrogen (secondary N) is 3. The van der Waals surface area contributed by atoms with Crippen LogP contribution in [0.3, 0.4) is 0 Å². The monoisotopic (exact) mass is 370 g/mol. The van der Waals surface area contributed by atoms with E-state index in [1.807, 2.05) is 0 Å². The van der Waals surface area contributed by atoms with Crippen molar-refractivity contribution in [3.05, 3.63) is 59.9 Å². The maximum Gasteiger partial charge on any atom is 0.323 e. The Balaban J connectivity index is 1.51. The Morgan fingerprint density at radius 3 is 2.33 bits per heavy atom. The summed E-state index contributed by atoms with van der Waals surface area (Å²) in [6.07, 6.45) is 2.44. The lowest BCUT2D eigenvalue weighted by Crippen LogP contribution is -2.33. The van der Waals surface area contributed by atoms with Crippen molar-refractivity contribution in [2.75, 3.05) is 36.8 Å². The van der Waals surface area contributed by atoms with Crippen LogP contribution in [-0.2, 0) is 0 Å². The first-order valence-corrected chi connectivity index (χ1v) is 9.04. The lowest BCUT2D eigenvalue weighted by Gasteiger charge is -2.15. The van der Waals surface area contributed by atoms with E-state index in [1.54, 1.807) is 30.3 Å². The molecule has 0 aliphatic carbocycles. The fraction of sp³-hybridized carbons (Fsp3) is 0.300. The van der Waals surface area contributed by atoms with Crippen molar-refractivity contribution in [2.24, 2.45) is 0 Å². The number of hydrogen-bond acceptors (Lipinski definition) is 3. The quantitative estimate of drug-likeness (QED) is 0.730. The van der Waals surface area contributed by atoms with Crippen molar-refractivity contribution < 1.29 is 14.0 Å². The van der Waals surface area contributed by atoms with Crippen molar-refractivity contribution >= 4 is 23.3 Å². The van der Waals surface area contributed by atoms with E-state index >= 15 is 0 Å². The normalized spacial score (nSPS) is 14.0. The minimum atomic E-state index is -0.507. The van der Waals surface area contributed by atoms with Crippen LogP contribution in [0.4, 0.5) is 20.6 Å².